The van der Waals surface area contributed by atoms with E-state index in [9.17, 15) is 13.6 Å². The molecule has 2 aromatic rings. The molecule has 35 heavy (non-hydrogen) atoms. The van der Waals surface area contributed by atoms with Crippen molar-refractivity contribution in [2.45, 2.75) is 77.7 Å². The van der Waals surface area contributed by atoms with Crippen molar-refractivity contribution in [3.8, 4) is 0 Å². The van der Waals surface area contributed by atoms with E-state index in [2.05, 4.69) is 16.5 Å². The minimum atomic E-state index is -2.29. The van der Waals surface area contributed by atoms with Gasteiger partial charge in [-0.1, -0.05) is 19.9 Å². The first kappa shape index (κ1) is 27.2. The molecule has 2 heterocycles. The maximum atomic E-state index is 11.2. The average molecular weight is 507 g/mol. The number of amides is 2. The number of carbonyl (C=O) groups excluding carboxylic acids is 1. The predicted molar refractivity (Wildman–Crippen MR) is 140 cm³/mol. The van der Waals surface area contributed by atoms with Crippen LogP contribution in [0.25, 0.3) is 0 Å². The van der Waals surface area contributed by atoms with Gasteiger partial charge in [0.1, 0.15) is 0 Å². The Bertz CT molecular complexity index is 994. The zero-order valence-electron chi connectivity index (χ0n) is 21.0. The van der Waals surface area contributed by atoms with E-state index in [0.717, 1.165) is 57.2 Å². The third kappa shape index (κ3) is 7.05. The van der Waals surface area contributed by atoms with E-state index in [4.69, 9.17) is 10.5 Å². The molecule has 1 aromatic carbocycles. The maximum Gasteiger partial charge on any atom is 0.316 e. The molecule has 3 N–H and O–H groups in total. The molecule has 196 valence electrons. The van der Waals surface area contributed by atoms with Crippen LogP contribution in [0.1, 0.15) is 69.6 Å². The van der Waals surface area contributed by atoms with Crippen LogP contribution in [0.3, 0.4) is 0 Å². The Morgan fingerprint density at radius 2 is 1.89 bits per heavy atom. The first-order valence-electron chi connectivity index (χ1n) is 12.6. The van der Waals surface area contributed by atoms with Crippen LogP contribution < -0.4 is 15.4 Å². The molecule has 0 radical (unpaired) electrons. The van der Waals surface area contributed by atoms with Crippen LogP contribution in [0, 0.1) is 0 Å². The summed E-state index contributed by atoms with van der Waals surface area (Å²) in [5.41, 5.74) is 12.4. The van der Waals surface area contributed by atoms with E-state index in [0.29, 0.717) is 12.2 Å². The van der Waals surface area contributed by atoms with Crippen LogP contribution in [0.15, 0.2) is 18.5 Å². The van der Waals surface area contributed by atoms with E-state index in [1.807, 2.05) is 13.8 Å². The highest BCUT2D eigenvalue weighted by atomic mass is 32.2. The monoisotopic (exact) mass is 506 g/mol. The lowest BCUT2D eigenvalue weighted by Crippen LogP contribution is -2.36. The van der Waals surface area contributed by atoms with Gasteiger partial charge >= 0.3 is 6.03 Å². The van der Waals surface area contributed by atoms with Crippen molar-refractivity contribution in [2.24, 2.45) is 12.8 Å². The second kappa shape index (κ2) is 13.0. The summed E-state index contributed by atoms with van der Waals surface area (Å²) in [5, 5.41) is 6.82. The number of carbonyl (C=O) groups is 1. The van der Waals surface area contributed by atoms with Crippen molar-refractivity contribution >= 4 is 28.7 Å². The highest BCUT2D eigenvalue weighted by molar-refractivity contribution is 7.80. The topological polar surface area (TPSA) is 126 Å². The fourth-order valence-electron chi connectivity index (χ4n) is 5.02. The summed E-state index contributed by atoms with van der Waals surface area (Å²) >= 11 is -2.29. The summed E-state index contributed by atoms with van der Waals surface area (Å²) in [5.74, 6) is 0. The molecular weight excluding hydrogens is 466 g/mol. The zero-order valence-corrected chi connectivity index (χ0v) is 21.9. The van der Waals surface area contributed by atoms with Gasteiger partial charge in [0.25, 0.3) is 0 Å². The number of aromatic nitrogens is 2. The molecule has 9 nitrogen and oxygen atoms in total. The molecule has 1 aliphatic heterocycles. The Labute approximate surface area is 212 Å². The van der Waals surface area contributed by atoms with Crippen molar-refractivity contribution in [1.82, 2.24) is 9.78 Å². The number of fused-ring (bicyclic) bond motifs is 2. The van der Waals surface area contributed by atoms with Gasteiger partial charge < -0.3 is 20.3 Å². The molecule has 1 unspecified atom stereocenters. The van der Waals surface area contributed by atoms with Gasteiger partial charge in [0, 0.05) is 38.2 Å². The minimum absolute atomic E-state index is 0. The van der Waals surface area contributed by atoms with Gasteiger partial charge in [-0.25, -0.2) is 4.79 Å². The third-order valence-electron chi connectivity index (χ3n) is 6.52. The molecule has 1 aromatic heterocycles. The lowest BCUT2D eigenvalue weighted by atomic mass is 9.99. The summed E-state index contributed by atoms with van der Waals surface area (Å²) in [7, 11) is 1.76. The second-order valence-electron chi connectivity index (χ2n) is 8.86. The molecule has 3 aliphatic rings. The zero-order chi connectivity index (χ0) is 25.4. The minimum Gasteiger partial charge on any atom is -0.755 e. The van der Waals surface area contributed by atoms with Gasteiger partial charge in [-0.2, -0.15) is 5.10 Å². The number of nitrogens with one attached hydrogen (secondary N) is 1. The Balaban J connectivity index is 0.000000231. The number of aryl methyl sites for hydroxylation is 3. The summed E-state index contributed by atoms with van der Waals surface area (Å²) in [6, 6.07) is 1.91. The lowest BCUT2D eigenvalue weighted by Gasteiger charge is -2.31. The van der Waals surface area contributed by atoms with E-state index < -0.39 is 17.3 Å². The average Bonchev–Trinajstić information content (AvgIpc) is 3.60. The molecule has 1 fully saturated rings. The van der Waals surface area contributed by atoms with Crippen LogP contribution in [-0.4, -0.2) is 43.8 Å². The molecule has 0 bridgehead atoms. The predicted octanol–water partition coefficient (Wildman–Crippen LogP) is 4.02. The van der Waals surface area contributed by atoms with Crippen molar-refractivity contribution in [3.63, 3.8) is 0 Å². The normalized spacial score (nSPS) is 18.8. The van der Waals surface area contributed by atoms with Gasteiger partial charge in [-0.3, -0.25) is 13.2 Å². The lowest BCUT2D eigenvalue weighted by molar-refractivity contribution is 0.0228. The highest BCUT2D eigenvalue weighted by Crippen LogP contribution is 2.38. The summed E-state index contributed by atoms with van der Waals surface area (Å²) < 4.78 is 30.9. The number of nitrogens with two attached hydrogens (primary N) is 1. The number of urea groups is 1. The van der Waals surface area contributed by atoms with Crippen LogP contribution in [0.5, 0.6) is 0 Å². The summed E-state index contributed by atoms with van der Waals surface area (Å²) in [6.07, 6.45) is 13.1. The van der Waals surface area contributed by atoms with Crippen LogP contribution in [0.4, 0.5) is 16.2 Å². The molecule has 0 saturated carbocycles. The fourth-order valence-corrected chi connectivity index (χ4v) is 5.57. The Hall–Kier alpha value is -2.43. The number of rotatable bonds is 5. The van der Waals surface area contributed by atoms with Gasteiger partial charge in [0.2, 0.25) is 0 Å². The second-order valence-corrected chi connectivity index (χ2v) is 9.74. The standard InChI is InChI=1S/C13H16N2O.C10H17N3O3S.C2H6.H2/c14-13(16)15-12-10-5-1-3-8(10)7-9-4-2-6-11(9)12;1-12-7-9(6-11-12)13(17(14)15)8-10-4-2-3-5-16-10;1-2;/h7H,1-6H2,(H3,14,15,16);6-7,10H,2-5,8H2,1H3,(H,14,15);1-2H3;1H/p-1/t;10-;;/m.1../s1. The Kier molecular flexibility index (Phi) is 10.1. The summed E-state index contributed by atoms with van der Waals surface area (Å²) in [6.45, 7) is 5.08. The number of nitrogens with zero attached hydrogens (tertiary/aromatic N) is 3. The molecule has 1 saturated heterocycles. The van der Waals surface area contributed by atoms with Crippen LogP contribution in [0.2, 0.25) is 0 Å². The summed E-state index contributed by atoms with van der Waals surface area (Å²) in [4.78, 5) is 11.1. The Morgan fingerprint density at radius 1 is 1.23 bits per heavy atom. The van der Waals surface area contributed by atoms with Crippen molar-refractivity contribution in [3.05, 3.63) is 40.7 Å². The molecule has 10 heteroatoms. The van der Waals surface area contributed by atoms with Crippen LogP contribution >= 0.6 is 0 Å². The van der Waals surface area contributed by atoms with E-state index in [-0.39, 0.29) is 7.53 Å². The fraction of sp³-hybridized carbons (Fsp3) is 0.600. The molecule has 0 spiro atoms. The number of anilines is 2. The van der Waals surface area contributed by atoms with E-state index >= 15 is 0 Å². The molecule has 2 atom stereocenters. The van der Waals surface area contributed by atoms with Gasteiger partial charge in [0.15, 0.2) is 0 Å². The quantitative estimate of drug-likeness (QED) is 0.593. The highest BCUT2D eigenvalue weighted by Gasteiger charge is 2.24. The maximum absolute atomic E-state index is 11.2. The Morgan fingerprint density at radius 3 is 2.37 bits per heavy atom. The number of hydrogen-bond donors (Lipinski definition) is 2. The number of primary amides is 1. The largest absolute Gasteiger partial charge is 0.755 e. The van der Waals surface area contributed by atoms with Crippen molar-refractivity contribution < 1.29 is 19.7 Å². The third-order valence-corrected chi connectivity index (χ3v) is 7.24. The van der Waals surface area contributed by atoms with Crippen molar-refractivity contribution in [2.75, 3.05) is 22.8 Å². The van der Waals surface area contributed by atoms with Gasteiger partial charge in [-0.15, -0.1) is 0 Å². The first-order chi connectivity index (χ1) is 16.9. The molecule has 5 rings (SSSR count). The van der Waals surface area contributed by atoms with Gasteiger partial charge in [-0.05, 0) is 80.0 Å². The smallest absolute Gasteiger partial charge is 0.316 e. The number of hydrogen-bond acceptors (Lipinski definition) is 5. The van der Waals surface area contributed by atoms with Crippen molar-refractivity contribution in [1.29, 1.82) is 0 Å². The van der Waals surface area contributed by atoms with Gasteiger partial charge in [0.05, 0.1) is 24.5 Å². The van der Waals surface area contributed by atoms with E-state index in [1.54, 1.807) is 24.1 Å². The molecule has 2 aliphatic carbocycles. The van der Waals surface area contributed by atoms with E-state index in [1.165, 1.54) is 39.4 Å². The number of benzene rings is 1. The SMILES string of the molecule is CC.Cn1cc(N(C[C@H]2CCCCO2)S(=O)[O-])cn1.NC(=O)Nc1c2c(cc3c1CCC3)CCC2.[HH]. The van der Waals surface area contributed by atoms with Crippen LogP contribution in [-0.2, 0) is 48.7 Å². The molecule has 2 amide bonds. The molecular formula is C25H40N5O4S-. The number of ether oxygens (including phenoxy) is 1. The first-order valence-corrected chi connectivity index (χ1v) is 13.7.